The molecule has 0 spiro atoms. The van der Waals surface area contributed by atoms with E-state index in [0.717, 1.165) is 18.4 Å². The summed E-state index contributed by atoms with van der Waals surface area (Å²) in [5.41, 5.74) is 2.70. The number of benzene rings is 3. The van der Waals surface area contributed by atoms with Gasteiger partial charge in [-0.3, -0.25) is 9.59 Å². The fraction of sp³-hybridized carbons (Fsp3) is 0.310. The SMILES string of the molecule is CCCNC(=O)[C@H](Cc1ccccc1)N(Cc1c(Cl)cccc1Cl)C(=O)COc1ccc(CC)cc1. The van der Waals surface area contributed by atoms with Crippen molar-refractivity contribution >= 4 is 35.0 Å². The van der Waals surface area contributed by atoms with Crippen LogP contribution >= 0.6 is 23.2 Å². The molecule has 0 aromatic heterocycles. The minimum atomic E-state index is -0.773. The van der Waals surface area contributed by atoms with E-state index in [1.54, 1.807) is 18.2 Å². The van der Waals surface area contributed by atoms with Crippen LogP contribution in [0.15, 0.2) is 72.8 Å². The Morgan fingerprint density at radius 3 is 2.17 bits per heavy atom. The summed E-state index contributed by atoms with van der Waals surface area (Å²) in [6, 6.07) is 21.7. The van der Waals surface area contributed by atoms with E-state index in [9.17, 15) is 9.59 Å². The largest absolute Gasteiger partial charge is 0.484 e. The third-order valence-electron chi connectivity index (χ3n) is 5.90. The molecule has 2 amide bonds. The summed E-state index contributed by atoms with van der Waals surface area (Å²) in [5, 5.41) is 3.82. The van der Waals surface area contributed by atoms with Crippen LogP contribution in [0.25, 0.3) is 0 Å². The Morgan fingerprint density at radius 1 is 0.889 bits per heavy atom. The van der Waals surface area contributed by atoms with Gasteiger partial charge in [0.05, 0.1) is 0 Å². The first-order valence-corrected chi connectivity index (χ1v) is 12.9. The van der Waals surface area contributed by atoms with Crippen molar-refractivity contribution in [2.45, 2.75) is 45.7 Å². The van der Waals surface area contributed by atoms with Gasteiger partial charge in [-0.05, 0) is 48.2 Å². The topological polar surface area (TPSA) is 58.6 Å². The fourth-order valence-electron chi connectivity index (χ4n) is 3.82. The molecule has 0 unspecified atom stereocenters. The minimum Gasteiger partial charge on any atom is -0.484 e. The molecule has 3 aromatic rings. The second kappa shape index (κ2) is 13.9. The summed E-state index contributed by atoms with van der Waals surface area (Å²) in [6.45, 7) is 4.43. The Balaban J connectivity index is 1.92. The number of carbonyl (C=O) groups is 2. The molecular formula is C29H32Cl2N2O3. The molecule has 0 saturated heterocycles. The maximum Gasteiger partial charge on any atom is 0.261 e. The zero-order valence-electron chi connectivity index (χ0n) is 20.7. The van der Waals surface area contributed by atoms with E-state index in [4.69, 9.17) is 27.9 Å². The van der Waals surface area contributed by atoms with Crippen LogP contribution in [0.4, 0.5) is 0 Å². The number of rotatable bonds is 12. The van der Waals surface area contributed by atoms with Crippen molar-refractivity contribution < 1.29 is 14.3 Å². The Kier molecular flexibility index (Phi) is 10.6. The number of nitrogens with zero attached hydrogens (tertiary/aromatic N) is 1. The third-order valence-corrected chi connectivity index (χ3v) is 6.61. The zero-order chi connectivity index (χ0) is 25.9. The van der Waals surface area contributed by atoms with E-state index in [-0.39, 0.29) is 25.0 Å². The highest BCUT2D eigenvalue weighted by molar-refractivity contribution is 6.36. The Labute approximate surface area is 223 Å². The number of amides is 2. The van der Waals surface area contributed by atoms with E-state index in [2.05, 4.69) is 12.2 Å². The van der Waals surface area contributed by atoms with Crippen LogP contribution in [0.3, 0.4) is 0 Å². The van der Waals surface area contributed by atoms with E-state index in [1.165, 1.54) is 10.5 Å². The van der Waals surface area contributed by atoms with E-state index in [1.807, 2.05) is 61.5 Å². The molecule has 190 valence electrons. The van der Waals surface area contributed by atoms with Gasteiger partial charge in [-0.1, -0.05) is 85.6 Å². The third kappa shape index (κ3) is 7.74. The molecule has 7 heteroatoms. The molecule has 5 nitrogen and oxygen atoms in total. The second-order valence-electron chi connectivity index (χ2n) is 8.50. The van der Waals surface area contributed by atoms with Gasteiger partial charge in [0.25, 0.3) is 5.91 Å². The standard InChI is InChI=1S/C29H32Cl2N2O3/c1-3-17-32-29(35)27(18-22-9-6-5-7-10-22)33(19-24-25(30)11-8-12-26(24)31)28(34)20-36-23-15-13-21(4-2)14-16-23/h5-16,27H,3-4,17-20H2,1-2H3,(H,32,35)/t27-/m0/s1. The van der Waals surface area contributed by atoms with Crippen LogP contribution in [0, 0.1) is 0 Å². The predicted octanol–water partition coefficient (Wildman–Crippen LogP) is 6.10. The quantitative estimate of drug-likeness (QED) is 0.310. The summed E-state index contributed by atoms with van der Waals surface area (Å²) in [7, 11) is 0. The fourth-order valence-corrected chi connectivity index (χ4v) is 4.34. The number of carbonyl (C=O) groups excluding carboxylic acids is 2. The van der Waals surface area contributed by atoms with Crippen LogP contribution in [0.2, 0.25) is 10.0 Å². The molecule has 3 aromatic carbocycles. The van der Waals surface area contributed by atoms with Gasteiger partial charge >= 0.3 is 0 Å². The van der Waals surface area contributed by atoms with Crippen molar-refractivity contribution in [2.24, 2.45) is 0 Å². The van der Waals surface area contributed by atoms with Gasteiger partial charge in [0.2, 0.25) is 5.91 Å². The summed E-state index contributed by atoms with van der Waals surface area (Å²) in [6.07, 6.45) is 2.04. The van der Waals surface area contributed by atoms with Crippen LogP contribution in [0.1, 0.15) is 37.0 Å². The van der Waals surface area contributed by atoms with Crippen molar-refractivity contribution in [3.63, 3.8) is 0 Å². The molecule has 0 saturated carbocycles. The van der Waals surface area contributed by atoms with Gasteiger partial charge in [0, 0.05) is 35.1 Å². The maximum atomic E-state index is 13.6. The lowest BCUT2D eigenvalue weighted by molar-refractivity contribution is -0.142. The van der Waals surface area contributed by atoms with Crippen LogP contribution in [-0.2, 0) is 29.0 Å². The minimum absolute atomic E-state index is 0.0759. The van der Waals surface area contributed by atoms with Crippen molar-refractivity contribution in [1.29, 1.82) is 0 Å². The summed E-state index contributed by atoms with van der Waals surface area (Å²) in [5.74, 6) is 0.0222. The molecule has 0 heterocycles. The average molecular weight is 527 g/mol. The molecule has 0 aliphatic heterocycles. The van der Waals surface area contributed by atoms with Gasteiger partial charge in [-0.2, -0.15) is 0 Å². The van der Waals surface area contributed by atoms with Gasteiger partial charge < -0.3 is 15.0 Å². The monoisotopic (exact) mass is 526 g/mol. The first-order chi connectivity index (χ1) is 17.4. The first kappa shape index (κ1) is 27.6. The normalized spacial score (nSPS) is 11.6. The average Bonchev–Trinajstić information content (AvgIpc) is 2.90. The molecule has 0 aliphatic carbocycles. The number of hydrogen-bond acceptors (Lipinski definition) is 3. The lowest BCUT2D eigenvalue weighted by Gasteiger charge is -2.32. The second-order valence-corrected chi connectivity index (χ2v) is 9.32. The summed E-state index contributed by atoms with van der Waals surface area (Å²) in [4.78, 5) is 28.5. The molecule has 36 heavy (non-hydrogen) atoms. The van der Waals surface area contributed by atoms with Crippen LogP contribution < -0.4 is 10.1 Å². The highest BCUT2D eigenvalue weighted by Gasteiger charge is 2.31. The number of ether oxygens (including phenoxy) is 1. The molecule has 0 aliphatic rings. The number of nitrogens with one attached hydrogen (secondary N) is 1. The first-order valence-electron chi connectivity index (χ1n) is 12.2. The molecule has 0 fully saturated rings. The Hall–Kier alpha value is -3.02. The van der Waals surface area contributed by atoms with Gasteiger partial charge in [-0.15, -0.1) is 0 Å². The van der Waals surface area contributed by atoms with Crippen LogP contribution in [0.5, 0.6) is 5.75 Å². The highest BCUT2D eigenvalue weighted by Crippen LogP contribution is 2.27. The van der Waals surface area contributed by atoms with Gasteiger partial charge in [0.15, 0.2) is 6.61 Å². The van der Waals surface area contributed by atoms with E-state index in [0.29, 0.717) is 34.3 Å². The summed E-state index contributed by atoms with van der Waals surface area (Å²) < 4.78 is 5.82. The molecule has 0 radical (unpaired) electrons. The summed E-state index contributed by atoms with van der Waals surface area (Å²) >= 11 is 12.9. The molecular weight excluding hydrogens is 495 g/mol. The van der Waals surface area contributed by atoms with Gasteiger partial charge in [0.1, 0.15) is 11.8 Å². The van der Waals surface area contributed by atoms with E-state index >= 15 is 0 Å². The van der Waals surface area contributed by atoms with Crippen molar-refractivity contribution in [1.82, 2.24) is 10.2 Å². The van der Waals surface area contributed by atoms with Crippen molar-refractivity contribution in [3.8, 4) is 5.75 Å². The molecule has 1 atom stereocenters. The maximum absolute atomic E-state index is 13.6. The molecule has 1 N–H and O–H groups in total. The Bertz CT molecular complexity index is 1120. The van der Waals surface area contributed by atoms with Crippen molar-refractivity contribution in [2.75, 3.05) is 13.2 Å². The zero-order valence-corrected chi connectivity index (χ0v) is 22.2. The lowest BCUT2D eigenvalue weighted by atomic mass is 10.0. The van der Waals surface area contributed by atoms with E-state index < -0.39 is 6.04 Å². The molecule has 0 bridgehead atoms. The van der Waals surface area contributed by atoms with Crippen LogP contribution in [-0.4, -0.2) is 35.9 Å². The Morgan fingerprint density at radius 2 is 1.56 bits per heavy atom. The number of hydrogen-bond donors (Lipinski definition) is 1. The smallest absolute Gasteiger partial charge is 0.261 e. The van der Waals surface area contributed by atoms with Crippen molar-refractivity contribution in [3.05, 3.63) is 99.5 Å². The van der Waals surface area contributed by atoms with Gasteiger partial charge in [-0.25, -0.2) is 0 Å². The predicted molar refractivity (Wildman–Crippen MR) is 146 cm³/mol. The number of halogens is 2. The molecule has 3 rings (SSSR count). The highest BCUT2D eigenvalue weighted by atomic mass is 35.5. The lowest BCUT2D eigenvalue weighted by Crippen LogP contribution is -2.51. The number of aryl methyl sites for hydroxylation is 1.